The molecule has 0 fully saturated rings. The number of nitrogens with one attached hydrogen (secondary N) is 1. The van der Waals surface area contributed by atoms with Crippen molar-refractivity contribution in [1.82, 2.24) is 14.1 Å². The van der Waals surface area contributed by atoms with Crippen LogP contribution in [-0.4, -0.2) is 26.3 Å². The van der Waals surface area contributed by atoms with Gasteiger partial charge in [-0.1, -0.05) is 55.9 Å². The standard InChI is InChI=1S/C25H26N4O3S2/c1-5-16-10-12-18(13-11-16)29-23(31)21-22(27-24(33-4)34-21)28(25(29)32)14-19(30)26-20-15(3)8-7-9-17(20)6-2/h7-13H,5-6,14H2,1-4H3,(H,26,30). The summed E-state index contributed by atoms with van der Waals surface area (Å²) in [5.41, 5.74) is 3.52. The van der Waals surface area contributed by atoms with Gasteiger partial charge in [-0.3, -0.25) is 14.2 Å². The van der Waals surface area contributed by atoms with E-state index in [-0.39, 0.29) is 18.1 Å². The first kappa shape index (κ1) is 24.0. The largest absolute Gasteiger partial charge is 0.337 e. The maximum Gasteiger partial charge on any atom is 0.337 e. The van der Waals surface area contributed by atoms with Crippen LogP contribution in [0.15, 0.2) is 56.4 Å². The van der Waals surface area contributed by atoms with E-state index in [0.717, 1.165) is 39.8 Å². The third-order valence-electron chi connectivity index (χ3n) is 5.75. The summed E-state index contributed by atoms with van der Waals surface area (Å²) in [5, 5.41) is 2.96. The number of hydrogen-bond acceptors (Lipinski definition) is 6. The summed E-state index contributed by atoms with van der Waals surface area (Å²) in [7, 11) is 0. The number of para-hydroxylation sites is 1. The summed E-state index contributed by atoms with van der Waals surface area (Å²) in [6.45, 7) is 5.75. The Morgan fingerprint density at radius 1 is 1.09 bits per heavy atom. The fourth-order valence-electron chi connectivity index (χ4n) is 3.88. The van der Waals surface area contributed by atoms with Gasteiger partial charge in [0.1, 0.15) is 11.2 Å². The topological polar surface area (TPSA) is 86.0 Å². The van der Waals surface area contributed by atoms with Gasteiger partial charge < -0.3 is 5.32 Å². The molecule has 0 unspecified atom stereocenters. The van der Waals surface area contributed by atoms with Gasteiger partial charge >= 0.3 is 5.69 Å². The van der Waals surface area contributed by atoms with Crippen molar-refractivity contribution in [3.63, 3.8) is 0 Å². The zero-order chi connectivity index (χ0) is 24.4. The van der Waals surface area contributed by atoms with Crippen molar-refractivity contribution < 1.29 is 4.79 Å². The molecule has 2 heterocycles. The Labute approximate surface area is 205 Å². The number of carbonyl (C=O) groups is 1. The molecule has 1 amide bonds. The lowest BCUT2D eigenvalue weighted by Gasteiger charge is -2.15. The average Bonchev–Trinajstić information content (AvgIpc) is 3.28. The van der Waals surface area contributed by atoms with Crippen LogP contribution in [0.3, 0.4) is 0 Å². The number of thioether (sulfide) groups is 1. The monoisotopic (exact) mass is 494 g/mol. The Bertz CT molecular complexity index is 1480. The molecule has 0 spiro atoms. The van der Waals surface area contributed by atoms with E-state index in [0.29, 0.717) is 14.7 Å². The van der Waals surface area contributed by atoms with E-state index < -0.39 is 11.2 Å². The normalized spacial score (nSPS) is 11.2. The van der Waals surface area contributed by atoms with Crippen molar-refractivity contribution in [1.29, 1.82) is 0 Å². The quantitative estimate of drug-likeness (QED) is 0.385. The van der Waals surface area contributed by atoms with Crippen molar-refractivity contribution >= 4 is 45.0 Å². The minimum absolute atomic E-state index is 0.237. The van der Waals surface area contributed by atoms with Gasteiger partial charge in [-0.15, -0.1) is 11.3 Å². The van der Waals surface area contributed by atoms with Crippen LogP contribution in [0.2, 0.25) is 0 Å². The number of aromatic nitrogens is 3. The smallest absolute Gasteiger partial charge is 0.324 e. The lowest BCUT2D eigenvalue weighted by Crippen LogP contribution is -2.40. The molecule has 2 aromatic heterocycles. The molecule has 4 aromatic rings. The SMILES string of the molecule is CCc1ccc(-n2c(=O)c3sc(SC)nc3n(CC(=O)Nc3c(C)cccc3CC)c2=O)cc1. The van der Waals surface area contributed by atoms with E-state index in [1.807, 2.05) is 57.4 Å². The van der Waals surface area contributed by atoms with Crippen molar-refractivity contribution in [3.05, 3.63) is 80.0 Å². The number of hydrogen-bond donors (Lipinski definition) is 1. The molecule has 4 rings (SSSR count). The average molecular weight is 495 g/mol. The molecule has 0 aliphatic heterocycles. The van der Waals surface area contributed by atoms with Crippen LogP contribution in [0.5, 0.6) is 0 Å². The molecule has 0 saturated heterocycles. The molecule has 34 heavy (non-hydrogen) atoms. The molecule has 0 aliphatic carbocycles. The van der Waals surface area contributed by atoms with Gasteiger partial charge in [0.05, 0.1) is 5.69 Å². The molecule has 0 atom stereocenters. The predicted molar refractivity (Wildman–Crippen MR) is 140 cm³/mol. The highest BCUT2D eigenvalue weighted by molar-refractivity contribution is 8.00. The van der Waals surface area contributed by atoms with Gasteiger partial charge in [0, 0.05) is 5.69 Å². The van der Waals surface area contributed by atoms with E-state index in [4.69, 9.17) is 0 Å². The molecule has 7 nitrogen and oxygen atoms in total. The second-order valence-corrected chi connectivity index (χ2v) is 9.93. The van der Waals surface area contributed by atoms with Gasteiger partial charge in [0.25, 0.3) is 5.56 Å². The van der Waals surface area contributed by atoms with E-state index in [2.05, 4.69) is 10.3 Å². The number of fused-ring (bicyclic) bond motifs is 1. The van der Waals surface area contributed by atoms with Gasteiger partial charge in [0.2, 0.25) is 5.91 Å². The zero-order valence-corrected chi connectivity index (χ0v) is 21.2. The van der Waals surface area contributed by atoms with Crippen LogP contribution in [0, 0.1) is 6.92 Å². The molecule has 1 N–H and O–H groups in total. The zero-order valence-electron chi connectivity index (χ0n) is 19.5. The molecular weight excluding hydrogens is 468 g/mol. The first-order chi connectivity index (χ1) is 16.4. The molecule has 176 valence electrons. The predicted octanol–water partition coefficient (Wildman–Crippen LogP) is 4.40. The molecule has 9 heteroatoms. The van der Waals surface area contributed by atoms with Crippen LogP contribution < -0.4 is 16.6 Å². The highest BCUT2D eigenvalue weighted by Gasteiger charge is 2.21. The maximum absolute atomic E-state index is 13.5. The van der Waals surface area contributed by atoms with Crippen molar-refractivity contribution in [2.45, 2.75) is 44.5 Å². The molecule has 0 bridgehead atoms. The number of amides is 1. The summed E-state index contributed by atoms with van der Waals surface area (Å²) >= 11 is 2.63. The summed E-state index contributed by atoms with van der Waals surface area (Å²) < 4.78 is 3.43. The molecular formula is C25H26N4O3S2. The van der Waals surface area contributed by atoms with E-state index in [1.54, 1.807) is 12.1 Å². The Kier molecular flexibility index (Phi) is 7.04. The highest BCUT2D eigenvalue weighted by Crippen LogP contribution is 2.26. The number of carbonyl (C=O) groups excluding carboxylic acids is 1. The van der Waals surface area contributed by atoms with Crippen LogP contribution in [0.25, 0.3) is 16.0 Å². The van der Waals surface area contributed by atoms with Crippen molar-refractivity contribution in [2.75, 3.05) is 11.6 Å². The second kappa shape index (κ2) is 9.99. The summed E-state index contributed by atoms with van der Waals surface area (Å²) in [5.74, 6) is -0.349. The van der Waals surface area contributed by atoms with Crippen molar-refractivity contribution in [2.24, 2.45) is 0 Å². The minimum Gasteiger partial charge on any atom is -0.324 e. The lowest BCUT2D eigenvalue weighted by molar-refractivity contribution is -0.116. The first-order valence-electron chi connectivity index (χ1n) is 11.1. The summed E-state index contributed by atoms with van der Waals surface area (Å²) in [6.07, 6.45) is 3.48. The number of anilines is 1. The third-order valence-corrected chi connectivity index (χ3v) is 7.77. The van der Waals surface area contributed by atoms with Crippen LogP contribution in [0.4, 0.5) is 5.69 Å². The Morgan fingerprint density at radius 3 is 2.47 bits per heavy atom. The van der Waals surface area contributed by atoms with Crippen LogP contribution in [-0.2, 0) is 24.2 Å². The number of benzene rings is 2. The number of nitrogens with zero attached hydrogens (tertiary/aromatic N) is 3. The van der Waals surface area contributed by atoms with E-state index >= 15 is 0 Å². The minimum atomic E-state index is -0.588. The fraction of sp³-hybridized carbons (Fsp3) is 0.280. The van der Waals surface area contributed by atoms with E-state index in [1.165, 1.54) is 27.7 Å². The summed E-state index contributed by atoms with van der Waals surface area (Å²) in [6, 6.07) is 13.2. The molecule has 0 saturated carbocycles. The first-order valence-corrected chi connectivity index (χ1v) is 13.1. The lowest BCUT2D eigenvalue weighted by atomic mass is 10.1. The highest BCUT2D eigenvalue weighted by atomic mass is 32.2. The van der Waals surface area contributed by atoms with Crippen molar-refractivity contribution in [3.8, 4) is 5.69 Å². The Hall–Kier alpha value is -3.17. The van der Waals surface area contributed by atoms with Crippen LogP contribution >= 0.6 is 23.1 Å². The van der Waals surface area contributed by atoms with E-state index in [9.17, 15) is 14.4 Å². The number of thiazole rings is 1. The number of rotatable bonds is 7. The number of aryl methyl sites for hydroxylation is 3. The Morgan fingerprint density at radius 2 is 1.82 bits per heavy atom. The maximum atomic E-state index is 13.5. The fourth-order valence-corrected chi connectivity index (χ4v) is 5.37. The molecule has 2 aromatic carbocycles. The van der Waals surface area contributed by atoms with Crippen LogP contribution in [0.1, 0.15) is 30.5 Å². The summed E-state index contributed by atoms with van der Waals surface area (Å²) in [4.78, 5) is 44.4. The van der Waals surface area contributed by atoms with Gasteiger partial charge in [-0.2, -0.15) is 0 Å². The Balaban J connectivity index is 1.83. The van der Waals surface area contributed by atoms with Gasteiger partial charge in [-0.25, -0.2) is 14.3 Å². The van der Waals surface area contributed by atoms with Gasteiger partial charge in [-0.05, 0) is 54.8 Å². The van der Waals surface area contributed by atoms with Gasteiger partial charge in [0.15, 0.2) is 9.99 Å². The third kappa shape index (κ3) is 4.45. The molecule has 0 radical (unpaired) electrons. The molecule has 0 aliphatic rings. The second-order valence-electron chi connectivity index (χ2n) is 7.88.